The lowest BCUT2D eigenvalue weighted by Gasteiger charge is -2.31. The van der Waals surface area contributed by atoms with E-state index in [0.717, 1.165) is 0 Å². The molecule has 0 radical (unpaired) electrons. The summed E-state index contributed by atoms with van der Waals surface area (Å²) in [6.45, 7) is 6.33. The minimum Gasteiger partial charge on any atom is -0.310 e. The minimum atomic E-state index is -0.106. The van der Waals surface area contributed by atoms with Crippen LogP contribution in [0.25, 0.3) is 0 Å². The third-order valence-electron chi connectivity index (χ3n) is 3.61. The van der Waals surface area contributed by atoms with Gasteiger partial charge in [-0.2, -0.15) is 5.10 Å². The lowest BCUT2D eigenvalue weighted by atomic mass is 10.2. The summed E-state index contributed by atoms with van der Waals surface area (Å²) in [7, 11) is 0. The number of aromatic amines is 1. The maximum atomic E-state index is 12.1. The Morgan fingerprint density at radius 3 is 2.71 bits per heavy atom. The van der Waals surface area contributed by atoms with Crippen molar-refractivity contribution in [2.75, 3.05) is 5.32 Å². The highest BCUT2D eigenvalue weighted by molar-refractivity contribution is 5.93. The number of nitrogens with zero attached hydrogens (tertiary/aromatic N) is 2. The number of hydrogen-bond acceptors (Lipinski definition) is 3. The first-order valence-corrected chi connectivity index (χ1v) is 6.17. The first kappa shape index (κ1) is 12.1. The van der Waals surface area contributed by atoms with Gasteiger partial charge in [0.2, 0.25) is 5.91 Å². The SMILES string of the molecule is CC1CCC(C)N1C(C)C(=O)Nc1ccn[nH]1. The Bertz CT molecular complexity index is 366. The second kappa shape index (κ2) is 4.87. The summed E-state index contributed by atoms with van der Waals surface area (Å²) in [5.41, 5.74) is 0. The Morgan fingerprint density at radius 1 is 1.53 bits per heavy atom. The molecule has 94 valence electrons. The predicted octanol–water partition coefficient (Wildman–Crippen LogP) is 1.61. The maximum Gasteiger partial charge on any atom is 0.242 e. The van der Waals surface area contributed by atoms with Crippen molar-refractivity contribution < 1.29 is 4.79 Å². The fourth-order valence-electron chi connectivity index (χ4n) is 2.68. The molecular weight excluding hydrogens is 216 g/mol. The summed E-state index contributed by atoms with van der Waals surface area (Å²) < 4.78 is 0. The van der Waals surface area contributed by atoms with Gasteiger partial charge in [0.05, 0.1) is 12.2 Å². The summed E-state index contributed by atoms with van der Waals surface area (Å²) in [4.78, 5) is 14.4. The molecule has 1 aliphatic heterocycles. The number of amides is 1. The van der Waals surface area contributed by atoms with Gasteiger partial charge in [-0.1, -0.05) is 0 Å². The van der Waals surface area contributed by atoms with Crippen LogP contribution in [0, 0.1) is 0 Å². The monoisotopic (exact) mass is 236 g/mol. The molecule has 0 saturated carbocycles. The van der Waals surface area contributed by atoms with Gasteiger partial charge in [0.15, 0.2) is 0 Å². The topological polar surface area (TPSA) is 61.0 Å². The quantitative estimate of drug-likeness (QED) is 0.838. The van der Waals surface area contributed by atoms with Crippen LogP contribution >= 0.6 is 0 Å². The molecule has 5 nitrogen and oxygen atoms in total. The van der Waals surface area contributed by atoms with Crippen LogP contribution in [-0.2, 0) is 4.79 Å². The van der Waals surface area contributed by atoms with Crippen molar-refractivity contribution >= 4 is 11.7 Å². The summed E-state index contributed by atoms with van der Waals surface area (Å²) >= 11 is 0. The van der Waals surface area contributed by atoms with Gasteiger partial charge in [-0.05, 0) is 33.6 Å². The number of H-pyrrole nitrogens is 1. The summed E-state index contributed by atoms with van der Waals surface area (Å²) in [5.74, 6) is 0.677. The summed E-state index contributed by atoms with van der Waals surface area (Å²) in [6.07, 6.45) is 3.97. The van der Waals surface area contributed by atoms with Crippen LogP contribution in [0.3, 0.4) is 0 Å². The third-order valence-corrected chi connectivity index (χ3v) is 3.61. The Kier molecular flexibility index (Phi) is 3.47. The van der Waals surface area contributed by atoms with E-state index in [2.05, 4.69) is 34.3 Å². The van der Waals surface area contributed by atoms with E-state index in [1.54, 1.807) is 12.3 Å². The third kappa shape index (κ3) is 2.49. The highest BCUT2D eigenvalue weighted by Crippen LogP contribution is 2.26. The van der Waals surface area contributed by atoms with E-state index >= 15 is 0 Å². The number of hydrogen-bond donors (Lipinski definition) is 2. The molecule has 0 bridgehead atoms. The molecule has 2 heterocycles. The molecule has 1 amide bonds. The molecule has 2 N–H and O–H groups in total. The molecule has 0 spiro atoms. The van der Waals surface area contributed by atoms with E-state index in [0.29, 0.717) is 17.9 Å². The molecule has 3 atom stereocenters. The molecule has 0 aromatic carbocycles. The van der Waals surface area contributed by atoms with Crippen LogP contribution < -0.4 is 5.32 Å². The molecule has 0 aliphatic carbocycles. The largest absolute Gasteiger partial charge is 0.310 e. The van der Waals surface area contributed by atoms with E-state index in [-0.39, 0.29) is 11.9 Å². The minimum absolute atomic E-state index is 0.0230. The number of aromatic nitrogens is 2. The highest BCUT2D eigenvalue weighted by atomic mass is 16.2. The highest BCUT2D eigenvalue weighted by Gasteiger charge is 2.34. The average Bonchev–Trinajstić information content (AvgIpc) is 2.89. The second-order valence-corrected chi connectivity index (χ2v) is 4.86. The number of carbonyl (C=O) groups is 1. The fourth-order valence-corrected chi connectivity index (χ4v) is 2.68. The number of rotatable bonds is 3. The van der Waals surface area contributed by atoms with Crippen molar-refractivity contribution in [3.05, 3.63) is 12.3 Å². The lowest BCUT2D eigenvalue weighted by molar-refractivity contribution is -0.121. The molecule has 17 heavy (non-hydrogen) atoms. The summed E-state index contributed by atoms with van der Waals surface area (Å²) in [6, 6.07) is 2.60. The van der Waals surface area contributed by atoms with Crippen molar-refractivity contribution in [2.45, 2.75) is 51.7 Å². The van der Waals surface area contributed by atoms with Crippen LogP contribution in [0.1, 0.15) is 33.6 Å². The zero-order valence-electron chi connectivity index (χ0n) is 10.6. The van der Waals surface area contributed by atoms with Crippen LogP contribution in [0.2, 0.25) is 0 Å². The van der Waals surface area contributed by atoms with Gasteiger partial charge in [0, 0.05) is 18.2 Å². The van der Waals surface area contributed by atoms with Crippen molar-refractivity contribution in [3.63, 3.8) is 0 Å². The van der Waals surface area contributed by atoms with E-state index in [1.807, 2.05) is 6.92 Å². The number of carbonyl (C=O) groups excluding carboxylic acids is 1. The van der Waals surface area contributed by atoms with Gasteiger partial charge >= 0.3 is 0 Å². The first-order chi connectivity index (χ1) is 8.09. The van der Waals surface area contributed by atoms with E-state index in [4.69, 9.17) is 0 Å². The number of nitrogens with one attached hydrogen (secondary N) is 2. The van der Waals surface area contributed by atoms with E-state index in [9.17, 15) is 4.79 Å². The molecule has 1 aromatic rings. The van der Waals surface area contributed by atoms with Gasteiger partial charge < -0.3 is 5.32 Å². The first-order valence-electron chi connectivity index (χ1n) is 6.17. The molecular formula is C12H20N4O. The van der Waals surface area contributed by atoms with E-state index < -0.39 is 0 Å². The van der Waals surface area contributed by atoms with Crippen LogP contribution in [0.5, 0.6) is 0 Å². The van der Waals surface area contributed by atoms with Gasteiger partial charge in [-0.3, -0.25) is 14.8 Å². The van der Waals surface area contributed by atoms with Crippen LogP contribution in [0.15, 0.2) is 12.3 Å². The molecule has 2 rings (SSSR count). The van der Waals surface area contributed by atoms with Gasteiger partial charge in [-0.15, -0.1) is 0 Å². The molecule has 5 heteroatoms. The van der Waals surface area contributed by atoms with Gasteiger partial charge in [0.1, 0.15) is 5.82 Å². The molecule has 1 fully saturated rings. The van der Waals surface area contributed by atoms with Crippen molar-refractivity contribution in [2.24, 2.45) is 0 Å². The number of anilines is 1. The van der Waals surface area contributed by atoms with Crippen LogP contribution in [-0.4, -0.2) is 39.1 Å². The Hall–Kier alpha value is -1.36. The smallest absolute Gasteiger partial charge is 0.242 e. The predicted molar refractivity (Wildman–Crippen MR) is 66.7 cm³/mol. The molecule has 3 unspecified atom stereocenters. The standard InChI is InChI=1S/C12H20N4O/c1-8-4-5-9(2)16(8)10(3)12(17)14-11-6-7-13-15-11/h6-10H,4-5H2,1-3H3,(H2,13,14,15,17). The Morgan fingerprint density at radius 2 is 2.18 bits per heavy atom. The Balaban J connectivity index is 1.99. The van der Waals surface area contributed by atoms with Gasteiger partial charge in [0.25, 0.3) is 0 Å². The normalized spacial score (nSPS) is 27.0. The lowest BCUT2D eigenvalue weighted by Crippen LogP contribution is -2.46. The Labute approximate surface area is 102 Å². The van der Waals surface area contributed by atoms with Crippen molar-refractivity contribution in [3.8, 4) is 0 Å². The fraction of sp³-hybridized carbons (Fsp3) is 0.667. The molecule has 1 aromatic heterocycles. The van der Waals surface area contributed by atoms with Crippen molar-refractivity contribution in [1.29, 1.82) is 0 Å². The van der Waals surface area contributed by atoms with Crippen LogP contribution in [0.4, 0.5) is 5.82 Å². The summed E-state index contributed by atoms with van der Waals surface area (Å²) in [5, 5.41) is 9.39. The molecule has 1 aliphatic rings. The van der Waals surface area contributed by atoms with Crippen molar-refractivity contribution in [1.82, 2.24) is 15.1 Å². The van der Waals surface area contributed by atoms with E-state index in [1.165, 1.54) is 12.8 Å². The zero-order valence-corrected chi connectivity index (χ0v) is 10.6. The number of likely N-dealkylation sites (tertiary alicyclic amines) is 1. The molecule has 1 saturated heterocycles. The average molecular weight is 236 g/mol. The zero-order chi connectivity index (χ0) is 12.4. The maximum absolute atomic E-state index is 12.1. The van der Waals surface area contributed by atoms with Gasteiger partial charge in [-0.25, -0.2) is 0 Å². The second-order valence-electron chi connectivity index (χ2n) is 4.86.